The lowest BCUT2D eigenvalue weighted by Gasteiger charge is -2.14. The monoisotopic (exact) mass is 356 g/mol. The number of aromatic nitrogens is 3. The van der Waals surface area contributed by atoms with Crippen LogP contribution in [0.3, 0.4) is 0 Å². The van der Waals surface area contributed by atoms with Crippen molar-refractivity contribution in [2.24, 2.45) is 4.99 Å². The molecule has 0 radical (unpaired) electrons. The van der Waals surface area contributed by atoms with Crippen LogP contribution in [0.4, 0.5) is 0 Å². The van der Waals surface area contributed by atoms with Gasteiger partial charge in [0.15, 0.2) is 5.96 Å². The van der Waals surface area contributed by atoms with Crippen molar-refractivity contribution < 1.29 is 4.74 Å². The zero-order chi connectivity index (χ0) is 18.0. The first-order valence-corrected chi connectivity index (χ1v) is 9.37. The van der Waals surface area contributed by atoms with E-state index < -0.39 is 0 Å². The Hall–Kier alpha value is -2.57. The molecule has 1 aliphatic carbocycles. The highest BCUT2D eigenvalue weighted by molar-refractivity contribution is 5.79. The van der Waals surface area contributed by atoms with E-state index in [0.29, 0.717) is 12.6 Å². The van der Waals surface area contributed by atoms with Crippen LogP contribution in [0, 0.1) is 0 Å². The van der Waals surface area contributed by atoms with E-state index in [2.05, 4.69) is 25.7 Å². The molecule has 2 aromatic rings. The van der Waals surface area contributed by atoms with Crippen LogP contribution in [0.1, 0.15) is 37.7 Å². The zero-order valence-corrected chi connectivity index (χ0v) is 15.4. The summed E-state index contributed by atoms with van der Waals surface area (Å²) in [7, 11) is 1.78. The number of guanidine groups is 1. The summed E-state index contributed by atoms with van der Waals surface area (Å²) in [5, 5.41) is 10.9. The molecule has 0 bridgehead atoms. The first-order valence-electron chi connectivity index (χ1n) is 9.37. The Kier molecular flexibility index (Phi) is 6.87. The SMILES string of the molecule is CN=C(NCCCn1cccn1)NCc1ccnc(OC2CCCC2)c1. The molecule has 0 atom stereocenters. The minimum absolute atomic E-state index is 0.329. The van der Waals surface area contributed by atoms with E-state index >= 15 is 0 Å². The first kappa shape index (κ1) is 18.2. The Balaban J connectivity index is 1.40. The molecule has 2 heterocycles. The molecule has 1 saturated carbocycles. The van der Waals surface area contributed by atoms with Crippen LogP contribution in [0.5, 0.6) is 5.88 Å². The van der Waals surface area contributed by atoms with Gasteiger partial charge in [-0.1, -0.05) is 0 Å². The van der Waals surface area contributed by atoms with Gasteiger partial charge in [0.25, 0.3) is 0 Å². The Labute approximate surface area is 154 Å². The van der Waals surface area contributed by atoms with Crippen molar-refractivity contribution in [2.75, 3.05) is 13.6 Å². The third-order valence-electron chi connectivity index (χ3n) is 4.49. The largest absolute Gasteiger partial charge is 0.474 e. The van der Waals surface area contributed by atoms with E-state index in [1.54, 1.807) is 13.2 Å². The number of hydrogen-bond acceptors (Lipinski definition) is 4. The van der Waals surface area contributed by atoms with Gasteiger partial charge in [-0.25, -0.2) is 4.98 Å². The third kappa shape index (κ3) is 5.75. The molecule has 7 nitrogen and oxygen atoms in total. The van der Waals surface area contributed by atoms with Crippen molar-refractivity contribution in [3.8, 4) is 5.88 Å². The summed E-state index contributed by atoms with van der Waals surface area (Å²) in [6.45, 7) is 2.41. The number of aryl methyl sites for hydroxylation is 1. The standard InChI is InChI=1S/C19H28N6O/c1-20-19(22-9-4-12-25-13-5-10-24-25)23-15-16-8-11-21-18(14-16)26-17-6-2-3-7-17/h5,8,10-11,13-14,17H,2-4,6-7,9,12,15H2,1H3,(H2,20,22,23). The molecule has 0 spiro atoms. The van der Waals surface area contributed by atoms with Gasteiger partial charge >= 0.3 is 0 Å². The maximum Gasteiger partial charge on any atom is 0.213 e. The van der Waals surface area contributed by atoms with E-state index in [1.165, 1.54) is 12.8 Å². The lowest BCUT2D eigenvalue weighted by molar-refractivity contribution is 0.201. The molecule has 1 fully saturated rings. The lowest BCUT2D eigenvalue weighted by Crippen LogP contribution is -2.37. The minimum Gasteiger partial charge on any atom is -0.474 e. The lowest BCUT2D eigenvalue weighted by atomic mass is 10.2. The molecule has 0 aliphatic heterocycles. The molecule has 0 aromatic carbocycles. The van der Waals surface area contributed by atoms with Crippen molar-refractivity contribution in [1.82, 2.24) is 25.4 Å². The van der Waals surface area contributed by atoms with E-state index in [1.807, 2.05) is 35.3 Å². The second-order valence-electron chi connectivity index (χ2n) is 6.50. The van der Waals surface area contributed by atoms with Crippen LogP contribution in [-0.4, -0.2) is 40.4 Å². The number of rotatable bonds is 8. The maximum atomic E-state index is 5.97. The van der Waals surface area contributed by atoms with E-state index in [4.69, 9.17) is 4.74 Å². The molecule has 0 saturated heterocycles. The molecule has 2 aromatic heterocycles. The Morgan fingerprint density at radius 1 is 1.31 bits per heavy atom. The van der Waals surface area contributed by atoms with Gasteiger partial charge in [0.2, 0.25) is 5.88 Å². The van der Waals surface area contributed by atoms with Crippen LogP contribution in [0.2, 0.25) is 0 Å². The van der Waals surface area contributed by atoms with E-state index in [-0.39, 0.29) is 0 Å². The van der Waals surface area contributed by atoms with Crippen LogP contribution >= 0.6 is 0 Å². The highest BCUT2D eigenvalue weighted by Crippen LogP contribution is 2.23. The van der Waals surface area contributed by atoms with Gasteiger partial charge in [-0.2, -0.15) is 5.10 Å². The second-order valence-corrected chi connectivity index (χ2v) is 6.50. The molecular formula is C19H28N6O. The fourth-order valence-electron chi connectivity index (χ4n) is 3.09. The van der Waals surface area contributed by atoms with Gasteiger partial charge in [0, 0.05) is 51.3 Å². The van der Waals surface area contributed by atoms with Crippen molar-refractivity contribution in [1.29, 1.82) is 0 Å². The van der Waals surface area contributed by atoms with Gasteiger partial charge in [0.05, 0.1) is 0 Å². The molecule has 2 N–H and O–H groups in total. The Morgan fingerprint density at radius 3 is 2.96 bits per heavy atom. The first-order chi connectivity index (χ1) is 12.8. The number of nitrogens with one attached hydrogen (secondary N) is 2. The van der Waals surface area contributed by atoms with Gasteiger partial charge < -0.3 is 15.4 Å². The summed E-state index contributed by atoms with van der Waals surface area (Å²) in [5.74, 6) is 1.51. The number of ether oxygens (including phenoxy) is 1. The van der Waals surface area contributed by atoms with Crippen molar-refractivity contribution in [3.05, 3.63) is 42.4 Å². The fourth-order valence-corrected chi connectivity index (χ4v) is 3.09. The van der Waals surface area contributed by atoms with E-state index in [9.17, 15) is 0 Å². The highest BCUT2D eigenvalue weighted by atomic mass is 16.5. The summed E-state index contributed by atoms with van der Waals surface area (Å²) in [6.07, 6.45) is 11.7. The molecule has 140 valence electrons. The number of hydrogen-bond donors (Lipinski definition) is 2. The summed E-state index contributed by atoms with van der Waals surface area (Å²) in [5.41, 5.74) is 1.13. The zero-order valence-electron chi connectivity index (χ0n) is 15.4. The van der Waals surface area contributed by atoms with Crippen molar-refractivity contribution >= 4 is 5.96 Å². The van der Waals surface area contributed by atoms with Gasteiger partial charge in [-0.15, -0.1) is 0 Å². The van der Waals surface area contributed by atoms with Crippen LogP contribution in [0.25, 0.3) is 0 Å². The Morgan fingerprint density at radius 2 is 2.19 bits per heavy atom. The topological polar surface area (TPSA) is 76.4 Å². The van der Waals surface area contributed by atoms with Gasteiger partial charge in [-0.05, 0) is 49.8 Å². The van der Waals surface area contributed by atoms with Gasteiger partial charge in [0.1, 0.15) is 6.10 Å². The van der Waals surface area contributed by atoms with Crippen molar-refractivity contribution in [3.63, 3.8) is 0 Å². The summed E-state index contributed by atoms with van der Waals surface area (Å²) in [4.78, 5) is 8.60. The smallest absolute Gasteiger partial charge is 0.213 e. The summed E-state index contributed by atoms with van der Waals surface area (Å²) >= 11 is 0. The highest BCUT2D eigenvalue weighted by Gasteiger charge is 2.17. The Bertz CT molecular complexity index is 679. The molecule has 7 heteroatoms. The maximum absolute atomic E-state index is 5.97. The summed E-state index contributed by atoms with van der Waals surface area (Å²) in [6, 6.07) is 5.95. The van der Waals surface area contributed by atoms with E-state index in [0.717, 1.165) is 49.8 Å². The molecule has 0 amide bonds. The number of nitrogens with zero attached hydrogens (tertiary/aromatic N) is 4. The molecule has 1 aliphatic rings. The molecule has 3 rings (SSSR count). The minimum atomic E-state index is 0.329. The predicted octanol–water partition coefficient (Wildman–Crippen LogP) is 2.35. The number of aliphatic imine (C=N–C) groups is 1. The second kappa shape index (κ2) is 9.79. The average Bonchev–Trinajstić information content (AvgIpc) is 3.35. The summed E-state index contributed by atoms with van der Waals surface area (Å²) < 4.78 is 7.90. The average molecular weight is 356 g/mol. The third-order valence-corrected chi connectivity index (χ3v) is 4.49. The molecular weight excluding hydrogens is 328 g/mol. The van der Waals surface area contributed by atoms with Crippen LogP contribution < -0.4 is 15.4 Å². The fraction of sp³-hybridized carbons (Fsp3) is 0.526. The van der Waals surface area contributed by atoms with Crippen molar-refractivity contribution in [2.45, 2.75) is 51.3 Å². The normalized spacial score (nSPS) is 15.2. The van der Waals surface area contributed by atoms with Crippen LogP contribution in [0.15, 0.2) is 41.8 Å². The quantitative estimate of drug-likeness (QED) is 0.431. The van der Waals surface area contributed by atoms with Crippen LogP contribution in [-0.2, 0) is 13.1 Å². The molecule has 0 unspecified atom stereocenters. The predicted molar refractivity (Wildman–Crippen MR) is 102 cm³/mol. The molecule has 26 heavy (non-hydrogen) atoms. The number of pyridine rings is 1. The van der Waals surface area contributed by atoms with Gasteiger partial charge in [-0.3, -0.25) is 9.67 Å².